The van der Waals surface area contributed by atoms with E-state index in [4.69, 9.17) is 23.2 Å². The molecular formula is C15H12Cl2N2O2. The predicted octanol–water partition coefficient (Wildman–Crippen LogP) is 3.85. The zero-order valence-corrected chi connectivity index (χ0v) is 12.6. The van der Waals surface area contributed by atoms with Crippen molar-refractivity contribution in [1.82, 2.24) is 5.43 Å². The van der Waals surface area contributed by atoms with Crippen LogP contribution < -0.4 is 5.43 Å². The number of phenols is 1. The molecule has 0 atom stereocenters. The molecule has 0 radical (unpaired) electrons. The summed E-state index contributed by atoms with van der Waals surface area (Å²) in [6.45, 7) is 1.73. The molecule has 0 aliphatic rings. The van der Waals surface area contributed by atoms with E-state index in [1.54, 1.807) is 43.3 Å². The van der Waals surface area contributed by atoms with E-state index in [0.29, 0.717) is 26.9 Å². The van der Waals surface area contributed by atoms with Gasteiger partial charge in [-0.15, -0.1) is 0 Å². The Morgan fingerprint density at radius 1 is 1.10 bits per heavy atom. The van der Waals surface area contributed by atoms with E-state index < -0.39 is 5.91 Å². The monoisotopic (exact) mass is 322 g/mol. The number of hydrogen-bond acceptors (Lipinski definition) is 3. The van der Waals surface area contributed by atoms with Crippen LogP contribution in [0.1, 0.15) is 22.8 Å². The molecule has 0 bridgehead atoms. The first-order chi connectivity index (χ1) is 9.97. The normalized spacial score (nSPS) is 11.3. The van der Waals surface area contributed by atoms with Gasteiger partial charge < -0.3 is 5.11 Å². The van der Waals surface area contributed by atoms with Crippen LogP contribution >= 0.6 is 23.2 Å². The summed E-state index contributed by atoms with van der Waals surface area (Å²) in [4.78, 5) is 11.9. The number of halogens is 2. The highest BCUT2D eigenvalue weighted by molar-refractivity contribution is 6.42. The molecule has 0 unspecified atom stereocenters. The van der Waals surface area contributed by atoms with Crippen LogP contribution in [0.25, 0.3) is 0 Å². The Balaban J connectivity index is 2.12. The summed E-state index contributed by atoms with van der Waals surface area (Å²) < 4.78 is 0. The Morgan fingerprint density at radius 2 is 1.86 bits per heavy atom. The topological polar surface area (TPSA) is 61.7 Å². The minimum absolute atomic E-state index is 0.137. The van der Waals surface area contributed by atoms with Crippen molar-refractivity contribution < 1.29 is 9.90 Å². The van der Waals surface area contributed by atoms with Crippen molar-refractivity contribution in [2.24, 2.45) is 5.10 Å². The molecule has 2 rings (SSSR count). The van der Waals surface area contributed by atoms with Gasteiger partial charge in [0.15, 0.2) is 0 Å². The summed E-state index contributed by atoms with van der Waals surface area (Å²) in [6.07, 6.45) is 0. The number of aromatic hydroxyl groups is 1. The third-order valence-corrected chi connectivity index (χ3v) is 3.51. The number of hydrogen-bond donors (Lipinski definition) is 2. The summed E-state index contributed by atoms with van der Waals surface area (Å²) in [7, 11) is 0. The van der Waals surface area contributed by atoms with Crippen LogP contribution in [0.2, 0.25) is 10.0 Å². The maximum atomic E-state index is 11.9. The van der Waals surface area contributed by atoms with Crippen LogP contribution in [0.5, 0.6) is 5.75 Å². The zero-order chi connectivity index (χ0) is 15.4. The first-order valence-electron chi connectivity index (χ1n) is 6.06. The fourth-order valence-electron chi connectivity index (χ4n) is 1.63. The number of rotatable bonds is 3. The van der Waals surface area contributed by atoms with Crippen LogP contribution in [0.4, 0.5) is 0 Å². The van der Waals surface area contributed by atoms with Crippen molar-refractivity contribution in [2.45, 2.75) is 6.92 Å². The fraction of sp³-hybridized carbons (Fsp3) is 0.0667. The van der Waals surface area contributed by atoms with Crippen LogP contribution in [0.3, 0.4) is 0 Å². The second-order valence-electron chi connectivity index (χ2n) is 4.32. The van der Waals surface area contributed by atoms with Crippen molar-refractivity contribution in [3.63, 3.8) is 0 Å². The SMILES string of the molecule is CC(=NNC(=O)c1ccc(Cl)c(Cl)c1)c1cccc(O)c1. The van der Waals surface area contributed by atoms with Gasteiger partial charge in [-0.1, -0.05) is 35.3 Å². The number of carbonyl (C=O) groups is 1. The summed E-state index contributed by atoms with van der Waals surface area (Å²) in [5, 5.41) is 14.1. The minimum Gasteiger partial charge on any atom is -0.508 e. The molecule has 2 aromatic rings. The Morgan fingerprint density at radius 3 is 2.52 bits per heavy atom. The Hall–Kier alpha value is -2.04. The van der Waals surface area contributed by atoms with Gasteiger partial charge in [0, 0.05) is 11.1 Å². The van der Waals surface area contributed by atoms with Crippen molar-refractivity contribution in [2.75, 3.05) is 0 Å². The molecule has 108 valence electrons. The number of hydrazone groups is 1. The standard InChI is InChI=1S/C15H12Cl2N2O2/c1-9(10-3-2-4-12(20)7-10)18-19-15(21)11-5-6-13(16)14(17)8-11/h2-8,20H,1H3,(H,19,21). The maximum absolute atomic E-state index is 11.9. The molecule has 0 spiro atoms. The molecular weight excluding hydrogens is 311 g/mol. The second kappa shape index (κ2) is 6.61. The minimum atomic E-state index is -0.395. The lowest BCUT2D eigenvalue weighted by Gasteiger charge is -2.04. The largest absolute Gasteiger partial charge is 0.508 e. The Kier molecular flexibility index (Phi) is 4.83. The molecule has 6 heteroatoms. The van der Waals surface area contributed by atoms with Crippen molar-refractivity contribution in [3.8, 4) is 5.75 Å². The van der Waals surface area contributed by atoms with E-state index in [1.807, 2.05) is 0 Å². The van der Waals surface area contributed by atoms with Gasteiger partial charge in [-0.3, -0.25) is 4.79 Å². The summed E-state index contributed by atoms with van der Waals surface area (Å²) >= 11 is 11.7. The average Bonchev–Trinajstić information content (AvgIpc) is 2.47. The predicted molar refractivity (Wildman–Crippen MR) is 84.2 cm³/mol. The van der Waals surface area contributed by atoms with E-state index in [1.165, 1.54) is 6.07 Å². The molecule has 2 N–H and O–H groups in total. The van der Waals surface area contributed by atoms with Crippen LogP contribution in [0, 0.1) is 0 Å². The van der Waals surface area contributed by atoms with Gasteiger partial charge in [-0.05, 0) is 37.3 Å². The first-order valence-corrected chi connectivity index (χ1v) is 6.82. The van der Waals surface area contributed by atoms with Crippen molar-refractivity contribution in [1.29, 1.82) is 0 Å². The number of benzene rings is 2. The number of phenolic OH excluding ortho intramolecular Hbond substituents is 1. The molecule has 1 amide bonds. The van der Waals surface area contributed by atoms with E-state index in [9.17, 15) is 9.90 Å². The Bertz CT molecular complexity index is 715. The van der Waals surface area contributed by atoms with E-state index in [0.717, 1.165) is 0 Å². The highest BCUT2D eigenvalue weighted by Crippen LogP contribution is 2.22. The summed E-state index contributed by atoms with van der Waals surface area (Å²) in [6, 6.07) is 11.2. The third-order valence-electron chi connectivity index (χ3n) is 2.77. The number of amides is 1. The quantitative estimate of drug-likeness (QED) is 0.666. The van der Waals surface area contributed by atoms with Gasteiger partial charge in [0.05, 0.1) is 15.8 Å². The Labute approximate surface area is 132 Å². The summed E-state index contributed by atoms with van der Waals surface area (Å²) in [5.41, 5.74) is 4.07. The molecule has 0 heterocycles. The molecule has 0 fully saturated rings. The second-order valence-corrected chi connectivity index (χ2v) is 5.13. The van der Waals surface area contributed by atoms with Crippen molar-refractivity contribution >= 4 is 34.8 Å². The van der Waals surface area contributed by atoms with Gasteiger partial charge in [-0.25, -0.2) is 5.43 Å². The molecule has 0 saturated carbocycles. The fourth-order valence-corrected chi connectivity index (χ4v) is 1.93. The molecule has 0 aromatic heterocycles. The van der Waals surface area contributed by atoms with Gasteiger partial charge in [0.2, 0.25) is 0 Å². The molecule has 21 heavy (non-hydrogen) atoms. The van der Waals surface area contributed by atoms with E-state index in [-0.39, 0.29) is 5.75 Å². The third kappa shape index (κ3) is 3.97. The number of carbonyl (C=O) groups excluding carboxylic acids is 1. The van der Waals surface area contributed by atoms with Crippen LogP contribution in [0.15, 0.2) is 47.6 Å². The molecule has 0 aliphatic carbocycles. The van der Waals surface area contributed by atoms with Crippen molar-refractivity contribution in [3.05, 3.63) is 63.6 Å². The molecule has 0 saturated heterocycles. The number of nitrogens with zero attached hydrogens (tertiary/aromatic N) is 1. The van der Waals surface area contributed by atoms with Crippen LogP contribution in [-0.4, -0.2) is 16.7 Å². The maximum Gasteiger partial charge on any atom is 0.271 e. The van der Waals surface area contributed by atoms with E-state index in [2.05, 4.69) is 10.5 Å². The van der Waals surface area contributed by atoms with E-state index >= 15 is 0 Å². The summed E-state index contributed by atoms with van der Waals surface area (Å²) in [5.74, 6) is -0.258. The first kappa shape index (κ1) is 15.4. The average molecular weight is 323 g/mol. The van der Waals surface area contributed by atoms with Gasteiger partial charge in [0.1, 0.15) is 5.75 Å². The number of nitrogens with one attached hydrogen (secondary N) is 1. The highest BCUT2D eigenvalue weighted by Gasteiger charge is 2.07. The smallest absolute Gasteiger partial charge is 0.271 e. The highest BCUT2D eigenvalue weighted by atomic mass is 35.5. The van der Waals surface area contributed by atoms with Gasteiger partial charge >= 0.3 is 0 Å². The molecule has 4 nitrogen and oxygen atoms in total. The van der Waals surface area contributed by atoms with Gasteiger partial charge in [-0.2, -0.15) is 5.10 Å². The lowest BCUT2D eigenvalue weighted by atomic mass is 10.1. The zero-order valence-electron chi connectivity index (χ0n) is 11.1. The lowest BCUT2D eigenvalue weighted by molar-refractivity contribution is 0.0955. The lowest BCUT2D eigenvalue weighted by Crippen LogP contribution is -2.19. The van der Waals surface area contributed by atoms with Gasteiger partial charge in [0.25, 0.3) is 5.91 Å². The molecule has 0 aliphatic heterocycles. The molecule has 2 aromatic carbocycles. The van der Waals surface area contributed by atoms with Crippen LogP contribution in [-0.2, 0) is 0 Å².